The van der Waals surface area contributed by atoms with Gasteiger partial charge in [0.1, 0.15) is 0 Å². The highest BCUT2D eigenvalue weighted by Gasteiger charge is 2.30. The standard InChI is InChI=1S/C18H28N2O3S/c1-6-19(7-2)24(22,23)15-8-9-16-14(12-15)10-11-20(16)17(21)13-18(3,4)5/h8-9,12H,6-7,10-11,13H2,1-5H3. The van der Waals surface area contributed by atoms with Crippen molar-refractivity contribution in [1.29, 1.82) is 0 Å². The number of amides is 1. The number of nitrogens with zero attached hydrogens (tertiary/aromatic N) is 2. The molecule has 1 heterocycles. The van der Waals surface area contributed by atoms with Gasteiger partial charge >= 0.3 is 0 Å². The number of carbonyl (C=O) groups excluding carboxylic acids is 1. The average Bonchev–Trinajstić information content (AvgIpc) is 2.89. The van der Waals surface area contributed by atoms with Gasteiger partial charge in [0.2, 0.25) is 15.9 Å². The van der Waals surface area contributed by atoms with Gasteiger partial charge in [0.15, 0.2) is 0 Å². The summed E-state index contributed by atoms with van der Waals surface area (Å²) < 4.78 is 26.7. The number of hydrogen-bond acceptors (Lipinski definition) is 3. The number of fused-ring (bicyclic) bond motifs is 1. The van der Waals surface area contributed by atoms with Crippen LogP contribution in [0.25, 0.3) is 0 Å². The van der Waals surface area contributed by atoms with Crippen LogP contribution in [0.5, 0.6) is 0 Å². The SMILES string of the molecule is CCN(CC)S(=O)(=O)c1ccc2c(c1)CCN2C(=O)CC(C)(C)C. The molecule has 0 aliphatic carbocycles. The number of rotatable bonds is 5. The molecule has 0 bridgehead atoms. The number of carbonyl (C=O) groups is 1. The summed E-state index contributed by atoms with van der Waals surface area (Å²) in [7, 11) is -3.46. The first-order chi connectivity index (χ1) is 11.1. The molecule has 0 aromatic heterocycles. The lowest BCUT2D eigenvalue weighted by atomic mass is 9.91. The third-order valence-corrected chi connectivity index (χ3v) is 6.32. The molecule has 2 rings (SSSR count). The topological polar surface area (TPSA) is 57.7 Å². The van der Waals surface area contributed by atoms with Gasteiger partial charge in [-0.25, -0.2) is 8.42 Å². The molecule has 1 amide bonds. The van der Waals surface area contributed by atoms with Gasteiger partial charge in [-0.2, -0.15) is 4.31 Å². The molecule has 0 saturated heterocycles. The van der Waals surface area contributed by atoms with Gasteiger partial charge in [-0.1, -0.05) is 34.6 Å². The molecule has 1 aromatic carbocycles. The fourth-order valence-corrected chi connectivity index (χ4v) is 4.57. The predicted octanol–water partition coefficient (Wildman–Crippen LogP) is 3.04. The smallest absolute Gasteiger partial charge is 0.243 e. The molecule has 134 valence electrons. The highest BCUT2D eigenvalue weighted by Crippen LogP contribution is 2.33. The normalized spacial score (nSPS) is 15.0. The van der Waals surface area contributed by atoms with Crippen LogP contribution >= 0.6 is 0 Å². The summed E-state index contributed by atoms with van der Waals surface area (Å²) in [6.07, 6.45) is 1.18. The zero-order valence-electron chi connectivity index (χ0n) is 15.3. The van der Waals surface area contributed by atoms with E-state index in [0.29, 0.717) is 37.4 Å². The third-order valence-electron chi connectivity index (χ3n) is 4.27. The van der Waals surface area contributed by atoms with Gasteiger partial charge < -0.3 is 4.90 Å². The molecule has 0 N–H and O–H groups in total. The van der Waals surface area contributed by atoms with Gasteiger partial charge in [0, 0.05) is 31.7 Å². The second kappa shape index (κ2) is 6.84. The highest BCUT2D eigenvalue weighted by molar-refractivity contribution is 7.89. The van der Waals surface area contributed by atoms with Crippen LogP contribution in [0.3, 0.4) is 0 Å². The van der Waals surface area contributed by atoms with Crippen LogP contribution in [0.2, 0.25) is 0 Å². The van der Waals surface area contributed by atoms with E-state index >= 15 is 0 Å². The van der Waals surface area contributed by atoms with Gasteiger partial charge in [-0.15, -0.1) is 0 Å². The van der Waals surface area contributed by atoms with Crippen LogP contribution in [-0.2, 0) is 21.2 Å². The summed E-state index contributed by atoms with van der Waals surface area (Å²) in [5, 5.41) is 0. The molecule has 1 aromatic rings. The second-order valence-electron chi connectivity index (χ2n) is 7.41. The molecule has 0 atom stereocenters. The zero-order chi connectivity index (χ0) is 18.1. The van der Waals surface area contributed by atoms with E-state index in [1.54, 1.807) is 23.1 Å². The lowest BCUT2D eigenvalue weighted by Crippen LogP contribution is -2.32. The van der Waals surface area contributed by atoms with E-state index in [1.165, 1.54) is 4.31 Å². The average molecular weight is 353 g/mol. The Kier molecular flexibility index (Phi) is 5.40. The summed E-state index contributed by atoms with van der Waals surface area (Å²) in [6, 6.07) is 5.13. The molecular formula is C18H28N2O3S. The molecule has 1 aliphatic heterocycles. The Morgan fingerprint density at radius 1 is 1.21 bits per heavy atom. The summed E-state index contributed by atoms with van der Waals surface area (Å²) in [6.45, 7) is 11.3. The zero-order valence-corrected chi connectivity index (χ0v) is 16.1. The summed E-state index contributed by atoms with van der Waals surface area (Å²) in [5.74, 6) is 0.0978. The number of sulfonamides is 1. The first-order valence-electron chi connectivity index (χ1n) is 8.53. The quantitative estimate of drug-likeness (QED) is 0.818. The van der Waals surface area contributed by atoms with Crippen LogP contribution in [0, 0.1) is 5.41 Å². The lowest BCUT2D eigenvalue weighted by molar-refractivity contribution is -0.120. The Labute approximate surface area is 145 Å². The molecule has 5 nitrogen and oxygen atoms in total. The molecular weight excluding hydrogens is 324 g/mol. The first-order valence-corrected chi connectivity index (χ1v) is 9.97. The van der Waals surface area contributed by atoms with Crippen LogP contribution in [0.4, 0.5) is 5.69 Å². The van der Waals surface area contributed by atoms with Crippen LogP contribution in [-0.4, -0.2) is 38.3 Å². The maximum atomic E-state index is 12.6. The molecule has 6 heteroatoms. The van der Waals surface area contributed by atoms with E-state index in [0.717, 1.165) is 11.3 Å². The Bertz CT molecular complexity index is 716. The number of benzene rings is 1. The predicted molar refractivity (Wildman–Crippen MR) is 96.7 cm³/mol. The molecule has 0 unspecified atom stereocenters. The van der Waals surface area contributed by atoms with Crippen molar-refractivity contribution in [1.82, 2.24) is 4.31 Å². The lowest BCUT2D eigenvalue weighted by Gasteiger charge is -2.24. The van der Waals surface area contributed by atoms with Gasteiger partial charge in [-0.3, -0.25) is 4.79 Å². The molecule has 1 aliphatic rings. The van der Waals surface area contributed by atoms with Crippen molar-refractivity contribution in [3.8, 4) is 0 Å². The monoisotopic (exact) mass is 352 g/mol. The van der Waals surface area contributed by atoms with Crippen molar-refractivity contribution in [2.75, 3.05) is 24.5 Å². The van der Waals surface area contributed by atoms with Crippen molar-refractivity contribution < 1.29 is 13.2 Å². The number of anilines is 1. The molecule has 0 fully saturated rings. The van der Waals surface area contributed by atoms with E-state index in [-0.39, 0.29) is 11.3 Å². The largest absolute Gasteiger partial charge is 0.312 e. The minimum Gasteiger partial charge on any atom is -0.312 e. The molecule has 24 heavy (non-hydrogen) atoms. The van der Waals surface area contributed by atoms with Crippen molar-refractivity contribution in [2.24, 2.45) is 5.41 Å². The summed E-state index contributed by atoms with van der Waals surface area (Å²) in [4.78, 5) is 14.6. The van der Waals surface area contributed by atoms with E-state index in [9.17, 15) is 13.2 Å². The first kappa shape index (κ1) is 18.9. The van der Waals surface area contributed by atoms with Crippen molar-refractivity contribution in [2.45, 2.75) is 52.4 Å². The maximum Gasteiger partial charge on any atom is 0.243 e. The third kappa shape index (κ3) is 3.81. The van der Waals surface area contributed by atoms with Crippen molar-refractivity contribution >= 4 is 21.6 Å². The van der Waals surface area contributed by atoms with Crippen LogP contribution in [0.15, 0.2) is 23.1 Å². The second-order valence-corrected chi connectivity index (χ2v) is 9.35. The van der Waals surface area contributed by atoms with Gasteiger partial charge in [-0.05, 0) is 35.6 Å². The Morgan fingerprint density at radius 2 is 1.83 bits per heavy atom. The van der Waals surface area contributed by atoms with E-state index in [1.807, 2.05) is 34.6 Å². The Morgan fingerprint density at radius 3 is 2.38 bits per heavy atom. The summed E-state index contributed by atoms with van der Waals surface area (Å²) in [5.41, 5.74) is 1.72. The minimum absolute atomic E-state index is 0.0636. The van der Waals surface area contributed by atoms with Crippen molar-refractivity contribution in [3.63, 3.8) is 0 Å². The maximum absolute atomic E-state index is 12.6. The van der Waals surface area contributed by atoms with E-state index in [2.05, 4.69) is 0 Å². The Hall–Kier alpha value is -1.40. The molecule has 0 saturated carbocycles. The number of hydrogen-bond donors (Lipinski definition) is 0. The molecule has 0 radical (unpaired) electrons. The van der Waals surface area contributed by atoms with E-state index < -0.39 is 10.0 Å². The van der Waals surface area contributed by atoms with Gasteiger partial charge in [0.25, 0.3) is 0 Å². The molecule has 0 spiro atoms. The van der Waals surface area contributed by atoms with Crippen molar-refractivity contribution in [3.05, 3.63) is 23.8 Å². The van der Waals surface area contributed by atoms with Gasteiger partial charge in [0.05, 0.1) is 4.90 Å². The highest BCUT2D eigenvalue weighted by atomic mass is 32.2. The van der Waals surface area contributed by atoms with Crippen LogP contribution in [0.1, 0.15) is 46.6 Å². The van der Waals surface area contributed by atoms with E-state index in [4.69, 9.17) is 0 Å². The minimum atomic E-state index is -3.46. The summed E-state index contributed by atoms with van der Waals surface area (Å²) >= 11 is 0. The fraction of sp³-hybridized carbons (Fsp3) is 0.611. The Balaban J connectivity index is 2.30. The fourth-order valence-electron chi connectivity index (χ4n) is 3.06. The van der Waals surface area contributed by atoms with Crippen LogP contribution < -0.4 is 4.90 Å².